The zero-order valence-electron chi connectivity index (χ0n) is 17.7. The lowest BCUT2D eigenvalue weighted by Crippen LogP contribution is -2.14. The normalized spacial score (nSPS) is 10.9. The van der Waals surface area contributed by atoms with Gasteiger partial charge in [-0.15, -0.1) is 0 Å². The van der Waals surface area contributed by atoms with Gasteiger partial charge in [0.25, 0.3) is 0 Å². The van der Waals surface area contributed by atoms with Gasteiger partial charge in [0, 0.05) is 11.8 Å². The molecule has 6 nitrogen and oxygen atoms in total. The molecule has 0 fully saturated rings. The second-order valence-corrected chi connectivity index (χ2v) is 7.09. The number of hydrogen-bond acceptors (Lipinski definition) is 4. The number of aromatic amines is 1. The van der Waals surface area contributed by atoms with Crippen LogP contribution in [0, 0.1) is 0 Å². The summed E-state index contributed by atoms with van der Waals surface area (Å²) in [5.74, 6) is 1.35. The molecule has 0 aliphatic rings. The molecule has 1 heterocycles. The van der Waals surface area contributed by atoms with Crippen LogP contribution in [-0.4, -0.2) is 29.6 Å². The highest BCUT2D eigenvalue weighted by Gasteiger charge is 2.10. The van der Waals surface area contributed by atoms with Crippen LogP contribution >= 0.6 is 0 Å². The van der Waals surface area contributed by atoms with E-state index in [1.165, 1.54) is 10.6 Å². The van der Waals surface area contributed by atoms with Gasteiger partial charge in [0.15, 0.2) is 5.78 Å². The Kier molecular flexibility index (Phi) is 6.03. The molecule has 3 aromatic carbocycles. The van der Waals surface area contributed by atoms with Crippen molar-refractivity contribution in [2.45, 2.75) is 0 Å². The van der Waals surface area contributed by atoms with E-state index >= 15 is 0 Å². The molecule has 0 aliphatic heterocycles. The minimum Gasteiger partial charge on any atom is -0.497 e. The van der Waals surface area contributed by atoms with Crippen molar-refractivity contribution in [2.24, 2.45) is 0 Å². The average molecular weight is 426 g/mol. The molecule has 0 aliphatic carbocycles. The SMILES string of the molecule is COc1ccc(/C=C/C(=O)c2cccc(-n3cc(-c4ccc(OC)cc4)[nH]c3=O)c2)cc1. The van der Waals surface area contributed by atoms with Gasteiger partial charge in [-0.1, -0.05) is 30.3 Å². The van der Waals surface area contributed by atoms with Crippen molar-refractivity contribution >= 4 is 11.9 Å². The number of aromatic nitrogens is 2. The topological polar surface area (TPSA) is 73.3 Å². The number of H-pyrrole nitrogens is 1. The maximum absolute atomic E-state index is 12.7. The second kappa shape index (κ2) is 9.22. The predicted octanol–water partition coefficient (Wildman–Crippen LogP) is 4.75. The number of ketones is 1. The van der Waals surface area contributed by atoms with E-state index in [0.29, 0.717) is 16.9 Å². The first-order valence-electron chi connectivity index (χ1n) is 10.0. The highest BCUT2D eigenvalue weighted by atomic mass is 16.5. The van der Waals surface area contributed by atoms with E-state index in [9.17, 15) is 9.59 Å². The molecule has 0 unspecified atom stereocenters. The number of nitrogens with zero attached hydrogens (tertiary/aromatic N) is 1. The Labute approximate surface area is 185 Å². The highest BCUT2D eigenvalue weighted by Crippen LogP contribution is 2.21. The van der Waals surface area contributed by atoms with Crippen LogP contribution in [0.15, 0.2) is 89.9 Å². The maximum atomic E-state index is 12.7. The smallest absolute Gasteiger partial charge is 0.330 e. The third kappa shape index (κ3) is 4.54. The quantitative estimate of drug-likeness (QED) is 0.342. The van der Waals surface area contributed by atoms with Crippen LogP contribution in [-0.2, 0) is 0 Å². The Morgan fingerprint density at radius 1 is 0.906 bits per heavy atom. The minimum absolute atomic E-state index is 0.151. The number of benzene rings is 3. The second-order valence-electron chi connectivity index (χ2n) is 7.09. The summed E-state index contributed by atoms with van der Waals surface area (Å²) in [6.07, 6.45) is 4.99. The van der Waals surface area contributed by atoms with Gasteiger partial charge in [-0.2, -0.15) is 0 Å². The van der Waals surface area contributed by atoms with Gasteiger partial charge in [0.2, 0.25) is 0 Å². The summed E-state index contributed by atoms with van der Waals surface area (Å²) >= 11 is 0. The number of nitrogens with one attached hydrogen (secondary N) is 1. The molecular formula is C26H22N2O4. The fraction of sp³-hybridized carbons (Fsp3) is 0.0769. The molecule has 32 heavy (non-hydrogen) atoms. The summed E-state index contributed by atoms with van der Waals surface area (Å²) in [5.41, 5.74) is 3.24. The van der Waals surface area contributed by atoms with E-state index in [-0.39, 0.29) is 11.5 Å². The molecule has 0 amide bonds. The molecular weight excluding hydrogens is 404 g/mol. The third-order valence-electron chi connectivity index (χ3n) is 5.07. The van der Waals surface area contributed by atoms with Crippen LogP contribution in [0.1, 0.15) is 15.9 Å². The third-order valence-corrected chi connectivity index (χ3v) is 5.07. The first-order valence-corrected chi connectivity index (χ1v) is 10.0. The number of rotatable bonds is 7. The summed E-state index contributed by atoms with van der Waals surface area (Å²) in [5, 5.41) is 0. The summed E-state index contributed by atoms with van der Waals surface area (Å²) < 4.78 is 11.8. The van der Waals surface area contributed by atoms with Crippen LogP contribution < -0.4 is 15.2 Å². The summed E-state index contributed by atoms with van der Waals surface area (Å²) in [4.78, 5) is 28.1. The van der Waals surface area contributed by atoms with Gasteiger partial charge >= 0.3 is 5.69 Å². The number of hydrogen-bond donors (Lipinski definition) is 1. The first kappa shape index (κ1) is 20.9. The van der Waals surface area contributed by atoms with E-state index in [4.69, 9.17) is 9.47 Å². The van der Waals surface area contributed by atoms with Crippen LogP contribution in [0.3, 0.4) is 0 Å². The Morgan fingerprint density at radius 2 is 1.56 bits per heavy atom. The lowest BCUT2D eigenvalue weighted by Gasteiger charge is -2.04. The van der Waals surface area contributed by atoms with Gasteiger partial charge in [-0.25, -0.2) is 4.79 Å². The van der Waals surface area contributed by atoms with Crippen molar-refractivity contribution in [3.8, 4) is 28.4 Å². The number of carbonyl (C=O) groups is 1. The Bertz CT molecular complexity index is 1310. The fourth-order valence-electron chi connectivity index (χ4n) is 3.30. The molecule has 0 spiro atoms. The van der Waals surface area contributed by atoms with Gasteiger partial charge in [0.1, 0.15) is 11.5 Å². The van der Waals surface area contributed by atoms with Crippen molar-refractivity contribution in [1.29, 1.82) is 0 Å². The lowest BCUT2D eigenvalue weighted by atomic mass is 10.1. The van der Waals surface area contributed by atoms with E-state index < -0.39 is 0 Å². The zero-order valence-corrected chi connectivity index (χ0v) is 17.7. The number of imidazole rings is 1. The van der Waals surface area contributed by atoms with Crippen molar-refractivity contribution in [3.63, 3.8) is 0 Å². The molecule has 6 heteroatoms. The van der Waals surface area contributed by atoms with Gasteiger partial charge in [-0.3, -0.25) is 9.36 Å². The maximum Gasteiger partial charge on any atom is 0.330 e. The molecule has 4 rings (SSSR count). The molecule has 1 N–H and O–H groups in total. The van der Waals surface area contributed by atoms with Crippen LogP contribution in [0.5, 0.6) is 11.5 Å². The van der Waals surface area contributed by atoms with Crippen molar-refractivity contribution in [2.75, 3.05) is 14.2 Å². The number of carbonyl (C=O) groups excluding carboxylic acids is 1. The average Bonchev–Trinajstić information content (AvgIpc) is 3.24. The monoisotopic (exact) mass is 426 g/mol. The minimum atomic E-state index is -0.283. The first-order chi connectivity index (χ1) is 15.6. The predicted molar refractivity (Wildman–Crippen MR) is 125 cm³/mol. The fourth-order valence-corrected chi connectivity index (χ4v) is 3.30. The molecule has 1 aromatic heterocycles. The number of allylic oxidation sites excluding steroid dienone is 1. The number of methoxy groups -OCH3 is 2. The van der Waals surface area contributed by atoms with Gasteiger partial charge in [0.05, 0.1) is 25.6 Å². The molecule has 0 radical (unpaired) electrons. The largest absolute Gasteiger partial charge is 0.497 e. The van der Waals surface area contributed by atoms with E-state index in [0.717, 1.165) is 22.6 Å². The zero-order chi connectivity index (χ0) is 22.5. The van der Waals surface area contributed by atoms with Crippen molar-refractivity contribution in [3.05, 3.63) is 107 Å². The molecule has 160 valence electrons. The van der Waals surface area contributed by atoms with Crippen molar-refractivity contribution in [1.82, 2.24) is 9.55 Å². The highest BCUT2D eigenvalue weighted by molar-refractivity contribution is 6.07. The van der Waals surface area contributed by atoms with Gasteiger partial charge in [-0.05, 0) is 65.7 Å². The van der Waals surface area contributed by atoms with Crippen LogP contribution in [0.4, 0.5) is 0 Å². The Morgan fingerprint density at radius 3 is 2.22 bits per heavy atom. The van der Waals surface area contributed by atoms with Gasteiger partial charge < -0.3 is 14.5 Å². The molecule has 0 atom stereocenters. The standard InChI is InChI=1S/C26H22N2O4/c1-31-22-11-6-18(7-12-22)8-15-25(29)20-4-3-5-21(16-20)28-17-24(27-26(28)30)19-9-13-23(32-2)14-10-19/h3-17H,1-2H3,(H,27,30)/b15-8+. The van der Waals surface area contributed by atoms with E-state index in [1.54, 1.807) is 50.8 Å². The van der Waals surface area contributed by atoms with Crippen LogP contribution in [0.2, 0.25) is 0 Å². The van der Waals surface area contributed by atoms with Crippen LogP contribution in [0.25, 0.3) is 23.0 Å². The van der Waals surface area contributed by atoms with Crippen molar-refractivity contribution < 1.29 is 14.3 Å². The van der Waals surface area contributed by atoms with E-state index in [1.807, 2.05) is 48.5 Å². The molecule has 0 bridgehead atoms. The molecule has 0 saturated carbocycles. The number of ether oxygens (including phenoxy) is 2. The summed E-state index contributed by atoms with van der Waals surface area (Å²) in [6.45, 7) is 0. The Balaban J connectivity index is 1.57. The molecule has 4 aromatic rings. The van der Waals surface area contributed by atoms with E-state index in [2.05, 4.69) is 4.98 Å². The Hall–Kier alpha value is -4.32. The molecule has 0 saturated heterocycles. The summed E-state index contributed by atoms with van der Waals surface area (Å²) in [7, 11) is 3.21. The lowest BCUT2D eigenvalue weighted by molar-refractivity contribution is 0.104. The summed E-state index contributed by atoms with van der Waals surface area (Å²) in [6, 6.07) is 21.8.